The molecule has 3 aromatic rings. The summed E-state index contributed by atoms with van der Waals surface area (Å²) in [4.78, 5) is 13.0. The maximum atomic E-state index is 13.0. The van der Waals surface area contributed by atoms with Gasteiger partial charge in [-0.3, -0.25) is 0 Å². The fourth-order valence-corrected chi connectivity index (χ4v) is 5.92. The first-order chi connectivity index (χ1) is 20.3. The van der Waals surface area contributed by atoms with Gasteiger partial charge >= 0.3 is 6.03 Å². The fourth-order valence-electron chi connectivity index (χ4n) is 5.25. The lowest BCUT2D eigenvalue weighted by Crippen LogP contribution is -2.34. The highest BCUT2D eigenvalue weighted by atomic mass is 32.1. The van der Waals surface area contributed by atoms with E-state index in [0.717, 1.165) is 34.7 Å². The topological polar surface area (TPSA) is 54.2 Å². The second-order valence-corrected chi connectivity index (χ2v) is 13.6. The third kappa shape index (κ3) is 11.8. The first kappa shape index (κ1) is 33.6. The van der Waals surface area contributed by atoms with Crippen LogP contribution in [0.2, 0.25) is 0 Å². The maximum Gasteiger partial charge on any atom is 0.323 e. The molecule has 0 spiro atoms. The number of carbonyl (C=O) groups is 1. The Balaban J connectivity index is 1.47. The van der Waals surface area contributed by atoms with Gasteiger partial charge in [-0.05, 0) is 29.5 Å². The fraction of sp³-hybridized carbons (Fsp3) is 0.556. The Morgan fingerprint density at radius 2 is 1.50 bits per heavy atom. The van der Waals surface area contributed by atoms with Crippen LogP contribution in [-0.2, 0) is 12.0 Å². The molecule has 6 heteroatoms. The smallest absolute Gasteiger partial charge is 0.323 e. The lowest BCUT2D eigenvalue weighted by molar-refractivity contribution is -0.689. The Kier molecular flexibility index (Phi) is 14.4. The first-order valence-electron chi connectivity index (χ1n) is 16.1. The zero-order valence-electron chi connectivity index (χ0n) is 26.8. The highest BCUT2D eigenvalue weighted by Gasteiger charge is 2.20. The van der Waals surface area contributed by atoms with Crippen LogP contribution in [-0.4, -0.2) is 12.6 Å². The number of anilines is 2. The summed E-state index contributed by atoms with van der Waals surface area (Å²) in [6.45, 7) is 12.4. The van der Waals surface area contributed by atoms with Crippen LogP contribution in [0.5, 0.6) is 5.75 Å². The van der Waals surface area contributed by atoms with Crippen LogP contribution >= 0.6 is 11.3 Å². The molecule has 0 saturated heterocycles. The minimum absolute atomic E-state index is 0.0525. The summed E-state index contributed by atoms with van der Waals surface area (Å²) in [5, 5.41) is 9.38. The molecule has 1 aromatic heterocycles. The number of hydrogen-bond acceptors (Lipinski definition) is 3. The lowest BCUT2D eigenvalue weighted by Gasteiger charge is -2.23. The van der Waals surface area contributed by atoms with Crippen molar-refractivity contribution in [3.05, 3.63) is 70.2 Å². The molecule has 0 aliphatic carbocycles. The highest BCUT2D eigenvalue weighted by Crippen LogP contribution is 2.34. The molecule has 0 unspecified atom stereocenters. The van der Waals surface area contributed by atoms with Gasteiger partial charge in [-0.1, -0.05) is 134 Å². The summed E-state index contributed by atoms with van der Waals surface area (Å²) < 4.78 is 8.50. The summed E-state index contributed by atoms with van der Waals surface area (Å²) in [5.41, 5.74) is 3.70. The molecule has 0 atom stereocenters. The number of rotatable bonds is 18. The van der Waals surface area contributed by atoms with Crippen molar-refractivity contribution >= 4 is 28.7 Å². The third-order valence-corrected chi connectivity index (χ3v) is 8.63. The molecule has 0 aliphatic rings. The normalized spacial score (nSPS) is 11.5. The number of amides is 2. The van der Waals surface area contributed by atoms with E-state index in [9.17, 15) is 4.79 Å². The quantitative estimate of drug-likeness (QED) is 0.114. The molecule has 2 aromatic carbocycles. The molecule has 0 fully saturated rings. The molecular weight excluding hydrogens is 538 g/mol. The predicted molar refractivity (Wildman–Crippen MR) is 179 cm³/mol. The Hall–Kier alpha value is -2.86. The van der Waals surface area contributed by atoms with E-state index in [0.29, 0.717) is 13.2 Å². The summed E-state index contributed by atoms with van der Waals surface area (Å²) in [6, 6.07) is 13.7. The van der Waals surface area contributed by atoms with Crippen molar-refractivity contribution in [1.82, 2.24) is 0 Å². The van der Waals surface area contributed by atoms with E-state index in [-0.39, 0.29) is 11.4 Å². The van der Waals surface area contributed by atoms with Gasteiger partial charge in [0.25, 0.3) is 0 Å². The SMILES string of the molecule is CCCCCCCCCCCCCCOc1cc(NC(=O)Nc2ccccc2C[n+]2ccsc2C)ccc1C(C)(C)C. The first-order valence-corrected chi connectivity index (χ1v) is 17.0. The van der Waals surface area contributed by atoms with E-state index in [4.69, 9.17) is 4.74 Å². The van der Waals surface area contributed by atoms with Crippen LogP contribution < -0.4 is 19.9 Å². The summed E-state index contributed by atoms with van der Waals surface area (Å²) >= 11 is 1.72. The number of benzene rings is 2. The summed E-state index contributed by atoms with van der Waals surface area (Å²) in [5.74, 6) is 0.855. The second kappa shape index (κ2) is 17.9. The number of unbranched alkanes of at least 4 members (excludes halogenated alkanes) is 11. The molecular formula is C36H54N3O2S+. The minimum Gasteiger partial charge on any atom is -0.493 e. The summed E-state index contributed by atoms with van der Waals surface area (Å²) in [6.07, 6.45) is 18.0. The van der Waals surface area contributed by atoms with Crippen LogP contribution in [0, 0.1) is 6.92 Å². The maximum absolute atomic E-state index is 13.0. The number of urea groups is 1. The highest BCUT2D eigenvalue weighted by molar-refractivity contribution is 7.09. The minimum atomic E-state index is -0.259. The van der Waals surface area contributed by atoms with E-state index in [1.165, 1.54) is 75.6 Å². The van der Waals surface area contributed by atoms with E-state index in [1.807, 2.05) is 30.3 Å². The molecule has 0 aliphatic heterocycles. The molecule has 2 N–H and O–H groups in total. The number of aromatic nitrogens is 1. The van der Waals surface area contributed by atoms with Gasteiger partial charge in [-0.15, -0.1) is 0 Å². The number of carbonyl (C=O) groups excluding carboxylic acids is 1. The Morgan fingerprint density at radius 3 is 2.12 bits per heavy atom. The van der Waals surface area contributed by atoms with Gasteiger partial charge in [-0.2, -0.15) is 4.57 Å². The molecule has 0 bridgehead atoms. The van der Waals surface area contributed by atoms with Crippen LogP contribution in [0.1, 0.15) is 121 Å². The van der Waals surface area contributed by atoms with Crippen molar-refractivity contribution in [2.24, 2.45) is 0 Å². The van der Waals surface area contributed by atoms with Crippen molar-refractivity contribution in [2.75, 3.05) is 17.2 Å². The molecule has 3 rings (SSSR count). The summed E-state index contributed by atoms with van der Waals surface area (Å²) in [7, 11) is 0. The number of ether oxygens (including phenoxy) is 1. The molecule has 0 saturated carbocycles. The number of aryl methyl sites for hydroxylation is 1. The predicted octanol–water partition coefficient (Wildman–Crippen LogP) is 10.4. The Labute approximate surface area is 259 Å². The third-order valence-electron chi connectivity index (χ3n) is 7.79. The average molecular weight is 593 g/mol. The zero-order chi connectivity index (χ0) is 30.2. The van der Waals surface area contributed by atoms with E-state index in [1.54, 1.807) is 11.3 Å². The van der Waals surface area contributed by atoms with E-state index < -0.39 is 0 Å². The van der Waals surface area contributed by atoms with Gasteiger partial charge in [0, 0.05) is 24.2 Å². The molecule has 5 nitrogen and oxygen atoms in total. The monoisotopic (exact) mass is 592 g/mol. The van der Waals surface area contributed by atoms with Crippen molar-refractivity contribution in [2.45, 2.75) is 124 Å². The molecule has 2 amide bonds. The Morgan fingerprint density at radius 1 is 0.857 bits per heavy atom. The van der Waals surface area contributed by atoms with Gasteiger partial charge in [-0.25, -0.2) is 4.79 Å². The van der Waals surface area contributed by atoms with Crippen molar-refractivity contribution < 1.29 is 14.1 Å². The van der Waals surface area contributed by atoms with Crippen LogP contribution in [0.15, 0.2) is 54.0 Å². The van der Waals surface area contributed by atoms with Gasteiger partial charge in [0.15, 0.2) is 12.7 Å². The van der Waals surface area contributed by atoms with Crippen LogP contribution in [0.4, 0.5) is 16.2 Å². The molecule has 230 valence electrons. The number of hydrogen-bond donors (Lipinski definition) is 2. The lowest BCUT2D eigenvalue weighted by atomic mass is 9.86. The van der Waals surface area contributed by atoms with E-state index in [2.05, 4.69) is 73.5 Å². The molecule has 1 heterocycles. The van der Waals surface area contributed by atoms with Crippen molar-refractivity contribution in [1.29, 1.82) is 0 Å². The number of thiazole rings is 1. The van der Waals surface area contributed by atoms with Gasteiger partial charge in [0.2, 0.25) is 5.01 Å². The average Bonchev–Trinajstić information content (AvgIpc) is 3.35. The largest absolute Gasteiger partial charge is 0.493 e. The standard InChI is InChI=1S/C36H53N3O2S/c1-6-7-8-9-10-11-12-13-14-15-16-19-25-41-34-27-31(22-23-32(34)36(3,4)5)37-35(40)38-33-21-18-17-20-30(33)28-39-24-26-42-29(39)2/h17-18,20-24,26-27H,6-16,19,25,28H2,1-5H3,(H-,37,38,40)/p+1. The number of nitrogens with zero attached hydrogens (tertiary/aromatic N) is 1. The van der Waals surface area contributed by atoms with Gasteiger partial charge in [0.05, 0.1) is 17.7 Å². The molecule has 0 radical (unpaired) electrons. The van der Waals surface area contributed by atoms with Crippen LogP contribution in [0.25, 0.3) is 0 Å². The zero-order valence-corrected chi connectivity index (χ0v) is 27.6. The van der Waals surface area contributed by atoms with Crippen molar-refractivity contribution in [3.8, 4) is 5.75 Å². The number of nitrogens with one attached hydrogen (secondary N) is 2. The number of para-hydroxylation sites is 1. The second-order valence-electron chi connectivity index (χ2n) is 12.5. The Bertz CT molecular complexity index is 1210. The van der Waals surface area contributed by atoms with Crippen molar-refractivity contribution in [3.63, 3.8) is 0 Å². The van der Waals surface area contributed by atoms with Gasteiger partial charge < -0.3 is 15.4 Å². The van der Waals surface area contributed by atoms with E-state index >= 15 is 0 Å². The van der Waals surface area contributed by atoms with Gasteiger partial charge in [0.1, 0.15) is 5.75 Å². The molecule has 42 heavy (non-hydrogen) atoms. The van der Waals surface area contributed by atoms with Crippen LogP contribution in [0.3, 0.4) is 0 Å².